The summed E-state index contributed by atoms with van der Waals surface area (Å²) in [6.45, 7) is 4.97. The van der Waals surface area contributed by atoms with Crippen LogP contribution in [0, 0.1) is 12.7 Å². The molecule has 0 bridgehead atoms. The first-order valence-corrected chi connectivity index (χ1v) is 7.15. The highest BCUT2D eigenvalue weighted by Gasteiger charge is 2.16. The highest BCUT2D eigenvalue weighted by molar-refractivity contribution is 5.35. The van der Waals surface area contributed by atoms with Crippen LogP contribution in [0.3, 0.4) is 0 Å². The van der Waals surface area contributed by atoms with Crippen LogP contribution in [0.15, 0.2) is 36.5 Å². The lowest BCUT2D eigenvalue weighted by Crippen LogP contribution is -2.24. The molecule has 0 radical (unpaired) electrons. The first kappa shape index (κ1) is 15.4. The fourth-order valence-electron chi connectivity index (χ4n) is 2.26. The van der Waals surface area contributed by atoms with Gasteiger partial charge in [0.2, 0.25) is 0 Å². The third kappa shape index (κ3) is 3.79. The molecule has 1 unspecified atom stereocenters. The van der Waals surface area contributed by atoms with Crippen LogP contribution in [0.5, 0.6) is 5.75 Å². The van der Waals surface area contributed by atoms with Crippen LogP contribution in [0.1, 0.15) is 36.2 Å². The van der Waals surface area contributed by atoms with Crippen molar-refractivity contribution in [2.45, 2.75) is 26.3 Å². The van der Waals surface area contributed by atoms with Crippen LogP contribution in [-0.2, 0) is 0 Å². The second-order valence-electron chi connectivity index (χ2n) is 5.04. The number of ether oxygens (including phenoxy) is 1. The lowest BCUT2D eigenvalue weighted by molar-refractivity contribution is 0.385. The zero-order chi connectivity index (χ0) is 15.2. The van der Waals surface area contributed by atoms with Gasteiger partial charge in [-0.2, -0.15) is 0 Å². The third-order valence-corrected chi connectivity index (χ3v) is 3.34. The van der Waals surface area contributed by atoms with Gasteiger partial charge in [-0.25, -0.2) is 4.39 Å². The van der Waals surface area contributed by atoms with Crippen LogP contribution >= 0.6 is 0 Å². The average Bonchev–Trinajstić information content (AvgIpc) is 2.48. The Morgan fingerprint density at radius 1 is 1.29 bits per heavy atom. The maximum absolute atomic E-state index is 14.0. The van der Waals surface area contributed by atoms with E-state index in [2.05, 4.69) is 17.2 Å². The predicted molar refractivity (Wildman–Crippen MR) is 82.1 cm³/mol. The van der Waals surface area contributed by atoms with Gasteiger partial charge in [-0.15, -0.1) is 0 Å². The standard InChI is InChI=1S/C17H21FN2O/c1-4-8-20-17(15-10-12(2)7-9-19-15)13-5-6-16(21-3)14(18)11-13/h5-7,9-11,17,20H,4,8H2,1-3H3. The van der Waals surface area contributed by atoms with Crippen LogP contribution < -0.4 is 10.1 Å². The number of rotatable bonds is 6. The van der Waals surface area contributed by atoms with Gasteiger partial charge < -0.3 is 10.1 Å². The van der Waals surface area contributed by atoms with Gasteiger partial charge in [-0.3, -0.25) is 4.98 Å². The number of pyridine rings is 1. The Kier molecular flexibility index (Phi) is 5.28. The van der Waals surface area contributed by atoms with E-state index >= 15 is 0 Å². The Morgan fingerprint density at radius 2 is 2.10 bits per heavy atom. The Hall–Kier alpha value is -1.94. The van der Waals surface area contributed by atoms with E-state index in [1.54, 1.807) is 12.3 Å². The molecule has 0 amide bonds. The lowest BCUT2D eigenvalue weighted by Gasteiger charge is -2.19. The van der Waals surface area contributed by atoms with Crippen molar-refractivity contribution in [3.8, 4) is 5.75 Å². The third-order valence-electron chi connectivity index (χ3n) is 3.34. The molecular formula is C17H21FN2O. The highest BCUT2D eigenvalue weighted by Crippen LogP contribution is 2.25. The molecule has 1 aromatic carbocycles. The quantitative estimate of drug-likeness (QED) is 0.881. The first-order valence-electron chi connectivity index (χ1n) is 7.15. The van der Waals surface area contributed by atoms with Gasteiger partial charge in [0.15, 0.2) is 11.6 Å². The molecular weight excluding hydrogens is 267 g/mol. The number of hydrogen-bond donors (Lipinski definition) is 1. The monoisotopic (exact) mass is 288 g/mol. The fraction of sp³-hybridized carbons (Fsp3) is 0.353. The topological polar surface area (TPSA) is 34.1 Å². The average molecular weight is 288 g/mol. The lowest BCUT2D eigenvalue weighted by atomic mass is 10.0. The molecule has 2 rings (SSSR count). The van der Waals surface area contributed by atoms with E-state index in [0.717, 1.165) is 29.8 Å². The molecule has 1 atom stereocenters. The number of nitrogens with zero attached hydrogens (tertiary/aromatic N) is 1. The van der Waals surface area contributed by atoms with Crippen molar-refractivity contribution in [2.75, 3.05) is 13.7 Å². The van der Waals surface area contributed by atoms with E-state index in [4.69, 9.17) is 4.74 Å². The second-order valence-corrected chi connectivity index (χ2v) is 5.04. The summed E-state index contributed by atoms with van der Waals surface area (Å²) in [6.07, 6.45) is 2.78. The number of nitrogens with one attached hydrogen (secondary N) is 1. The molecule has 0 saturated heterocycles. The minimum absolute atomic E-state index is 0.120. The van der Waals surface area contributed by atoms with Gasteiger partial charge in [0.1, 0.15) is 0 Å². The van der Waals surface area contributed by atoms with Gasteiger partial charge in [0.05, 0.1) is 18.8 Å². The predicted octanol–water partition coefficient (Wildman–Crippen LogP) is 3.63. The molecule has 0 aliphatic heterocycles. The number of methoxy groups -OCH3 is 1. The van der Waals surface area contributed by atoms with Crippen LogP contribution in [0.4, 0.5) is 4.39 Å². The van der Waals surface area contributed by atoms with Crippen molar-refractivity contribution in [1.82, 2.24) is 10.3 Å². The largest absolute Gasteiger partial charge is 0.494 e. The van der Waals surface area contributed by atoms with Crippen molar-refractivity contribution in [3.05, 3.63) is 59.2 Å². The molecule has 112 valence electrons. The maximum atomic E-state index is 14.0. The zero-order valence-corrected chi connectivity index (χ0v) is 12.7. The van der Waals surface area contributed by atoms with Crippen LogP contribution in [0.25, 0.3) is 0 Å². The highest BCUT2D eigenvalue weighted by atomic mass is 19.1. The minimum Gasteiger partial charge on any atom is -0.494 e. The SMILES string of the molecule is CCCNC(c1ccc(OC)c(F)c1)c1cc(C)ccn1. The summed E-state index contributed by atoms with van der Waals surface area (Å²) >= 11 is 0. The summed E-state index contributed by atoms with van der Waals surface area (Å²) in [5.41, 5.74) is 2.88. The Labute approximate surface area is 125 Å². The smallest absolute Gasteiger partial charge is 0.165 e. The van der Waals surface area contributed by atoms with E-state index in [0.29, 0.717) is 0 Å². The van der Waals surface area contributed by atoms with Crippen molar-refractivity contribution in [1.29, 1.82) is 0 Å². The summed E-state index contributed by atoms with van der Waals surface area (Å²) in [4.78, 5) is 4.43. The summed E-state index contributed by atoms with van der Waals surface area (Å²) in [5, 5.41) is 3.42. The molecule has 21 heavy (non-hydrogen) atoms. The summed E-state index contributed by atoms with van der Waals surface area (Å²) in [6, 6.07) is 8.89. The second kappa shape index (κ2) is 7.18. The molecule has 3 nitrogen and oxygen atoms in total. The van der Waals surface area contributed by atoms with E-state index in [1.165, 1.54) is 13.2 Å². The molecule has 0 aliphatic rings. The van der Waals surface area contributed by atoms with E-state index in [9.17, 15) is 4.39 Å². The van der Waals surface area contributed by atoms with Crippen molar-refractivity contribution >= 4 is 0 Å². The summed E-state index contributed by atoms with van der Waals surface area (Å²) in [7, 11) is 1.47. The zero-order valence-electron chi connectivity index (χ0n) is 12.7. The molecule has 0 spiro atoms. The normalized spacial score (nSPS) is 12.2. The molecule has 1 N–H and O–H groups in total. The van der Waals surface area contributed by atoms with E-state index < -0.39 is 0 Å². The van der Waals surface area contributed by atoms with E-state index in [1.807, 2.05) is 25.1 Å². The molecule has 0 saturated carbocycles. The van der Waals surface area contributed by atoms with Gasteiger partial charge in [0, 0.05) is 6.20 Å². The first-order chi connectivity index (χ1) is 10.2. The minimum atomic E-state index is -0.356. The molecule has 1 aromatic heterocycles. The number of hydrogen-bond acceptors (Lipinski definition) is 3. The Bertz CT molecular complexity index is 601. The summed E-state index contributed by atoms with van der Waals surface area (Å²) < 4.78 is 18.9. The van der Waals surface area contributed by atoms with Gasteiger partial charge >= 0.3 is 0 Å². The molecule has 0 fully saturated rings. The van der Waals surface area contributed by atoms with E-state index in [-0.39, 0.29) is 17.6 Å². The molecule has 2 aromatic rings. The van der Waals surface area contributed by atoms with Crippen LogP contribution in [-0.4, -0.2) is 18.6 Å². The molecule has 0 aliphatic carbocycles. The Balaban J connectivity index is 2.37. The Morgan fingerprint density at radius 3 is 2.71 bits per heavy atom. The number of aromatic nitrogens is 1. The van der Waals surface area contributed by atoms with Crippen LogP contribution in [0.2, 0.25) is 0 Å². The number of aryl methyl sites for hydroxylation is 1. The number of halogens is 1. The van der Waals surface area contributed by atoms with Gasteiger partial charge in [-0.05, 0) is 55.3 Å². The molecule has 4 heteroatoms. The van der Waals surface area contributed by atoms with Gasteiger partial charge in [0.25, 0.3) is 0 Å². The molecule has 1 heterocycles. The van der Waals surface area contributed by atoms with Crippen molar-refractivity contribution in [3.63, 3.8) is 0 Å². The number of benzene rings is 1. The maximum Gasteiger partial charge on any atom is 0.165 e. The van der Waals surface area contributed by atoms with Crippen molar-refractivity contribution < 1.29 is 9.13 Å². The van der Waals surface area contributed by atoms with Gasteiger partial charge in [-0.1, -0.05) is 13.0 Å². The fourth-order valence-corrected chi connectivity index (χ4v) is 2.26. The summed E-state index contributed by atoms with van der Waals surface area (Å²) in [5.74, 6) is -0.101. The van der Waals surface area contributed by atoms with Crippen molar-refractivity contribution in [2.24, 2.45) is 0 Å².